The van der Waals surface area contributed by atoms with Gasteiger partial charge in [0.2, 0.25) is 5.91 Å². The lowest BCUT2D eigenvalue weighted by Gasteiger charge is -2.37. The molecule has 0 bridgehead atoms. The normalized spacial score (nSPS) is 37.2. The Morgan fingerprint density at radius 2 is 2.06 bits per heavy atom. The molecule has 1 amide bonds. The molecular formula is C14H26N2O. The van der Waals surface area contributed by atoms with Crippen LogP contribution in [0.5, 0.6) is 0 Å². The lowest BCUT2D eigenvalue weighted by molar-refractivity contribution is -0.134. The standard InChI is InChI=1S/C14H26N2O/c1-9(2)12-13(17)16(10(3)15-12)11-7-6-8-14(11,4)5/h9-12,15H,6-8H2,1-5H3. The molecule has 1 aliphatic heterocycles. The van der Waals surface area contributed by atoms with Crippen LogP contribution in [0.3, 0.4) is 0 Å². The van der Waals surface area contributed by atoms with Gasteiger partial charge in [-0.25, -0.2) is 0 Å². The van der Waals surface area contributed by atoms with Crippen molar-refractivity contribution in [2.45, 2.75) is 72.1 Å². The first kappa shape index (κ1) is 12.9. The van der Waals surface area contributed by atoms with Crippen molar-refractivity contribution in [3.8, 4) is 0 Å². The van der Waals surface area contributed by atoms with Crippen molar-refractivity contribution in [2.75, 3.05) is 0 Å². The van der Waals surface area contributed by atoms with Crippen molar-refractivity contribution >= 4 is 5.91 Å². The maximum Gasteiger partial charge on any atom is 0.241 e. The molecule has 1 aliphatic carbocycles. The third-order valence-electron chi connectivity index (χ3n) is 4.56. The Kier molecular flexibility index (Phi) is 3.23. The molecule has 1 saturated heterocycles. The number of hydrogen-bond acceptors (Lipinski definition) is 2. The van der Waals surface area contributed by atoms with E-state index in [9.17, 15) is 4.79 Å². The Morgan fingerprint density at radius 1 is 1.41 bits per heavy atom. The van der Waals surface area contributed by atoms with Crippen LogP contribution < -0.4 is 5.32 Å². The lowest BCUT2D eigenvalue weighted by atomic mass is 9.86. The smallest absolute Gasteiger partial charge is 0.241 e. The average molecular weight is 238 g/mol. The molecular weight excluding hydrogens is 212 g/mol. The zero-order valence-electron chi connectivity index (χ0n) is 11.8. The summed E-state index contributed by atoms with van der Waals surface area (Å²) >= 11 is 0. The van der Waals surface area contributed by atoms with E-state index in [1.165, 1.54) is 12.8 Å². The SMILES string of the molecule is CC(C)C1NC(C)N(C2CCCC2(C)C)C1=O. The molecule has 0 radical (unpaired) electrons. The summed E-state index contributed by atoms with van der Waals surface area (Å²) in [6.07, 6.45) is 3.84. The van der Waals surface area contributed by atoms with Crippen LogP contribution in [0, 0.1) is 11.3 Å². The highest BCUT2D eigenvalue weighted by Gasteiger charge is 2.47. The summed E-state index contributed by atoms with van der Waals surface area (Å²) in [6, 6.07) is 0.433. The second-order valence-electron chi connectivity index (χ2n) is 6.71. The monoisotopic (exact) mass is 238 g/mol. The highest BCUT2D eigenvalue weighted by Crippen LogP contribution is 2.42. The Balaban J connectivity index is 2.19. The average Bonchev–Trinajstić information content (AvgIpc) is 2.67. The van der Waals surface area contributed by atoms with E-state index in [1.807, 2.05) is 0 Å². The van der Waals surface area contributed by atoms with Gasteiger partial charge in [-0.2, -0.15) is 0 Å². The number of amides is 1. The number of rotatable bonds is 2. The molecule has 2 fully saturated rings. The Bertz CT molecular complexity index is 311. The maximum atomic E-state index is 12.5. The van der Waals surface area contributed by atoms with E-state index in [2.05, 4.69) is 44.8 Å². The van der Waals surface area contributed by atoms with Crippen LogP contribution in [0.4, 0.5) is 0 Å². The quantitative estimate of drug-likeness (QED) is 0.801. The van der Waals surface area contributed by atoms with Gasteiger partial charge in [0.05, 0.1) is 12.2 Å². The molecule has 3 unspecified atom stereocenters. The fourth-order valence-electron chi connectivity index (χ4n) is 3.49. The van der Waals surface area contributed by atoms with E-state index >= 15 is 0 Å². The van der Waals surface area contributed by atoms with Gasteiger partial charge in [0.15, 0.2) is 0 Å². The number of nitrogens with one attached hydrogen (secondary N) is 1. The van der Waals surface area contributed by atoms with Crippen molar-refractivity contribution in [1.29, 1.82) is 0 Å². The van der Waals surface area contributed by atoms with E-state index in [0.29, 0.717) is 17.9 Å². The summed E-state index contributed by atoms with van der Waals surface area (Å²) in [5, 5.41) is 3.44. The first-order valence-electron chi connectivity index (χ1n) is 6.93. The van der Waals surface area contributed by atoms with Crippen LogP contribution in [0.25, 0.3) is 0 Å². The van der Waals surface area contributed by atoms with Crippen LogP contribution >= 0.6 is 0 Å². The fourth-order valence-corrected chi connectivity index (χ4v) is 3.49. The van der Waals surface area contributed by atoms with E-state index in [0.717, 1.165) is 6.42 Å². The molecule has 2 aliphatic rings. The van der Waals surface area contributed by atoms with Gasteiger partial charge >= 0.3 is 0 Å². The number of carbonyl (C=O) groups excluding carboxylic acids is 1. The number of hydrogen-bond donors (Lipinski definition) is 1. The molecule has 0 aromatic carbocycles. The van der Waals surface area contributed by atoms with Crippen molar-refractivity contribution in [1.82, 2.24) is 10.2 Å². The summed E-state index contributed by atoms with van der Waals surface area (Å²) in [7, 11) is 0. The van der Waals surface area contributed by atoms with Gasteiger partial charge in [-0.3, -0.25) is 10.1 Å². The number of carbonyl (C=O) groups is 1. The van der Waals surface area contributed by atoms with E-state index < -0.39 is 0 Å². The summed E-state index contributed by atoms with van der Waals surface area (Å²) in [6.45, 7) is 11.0. The highest BCUT2D eigenvalue weighted by molar-refractivity contribution is 5.85. The maximum absolute atomic E-state index is 12.5. The molecule has 0 spiro atoms. The Morgan fingerprint density at radius 3 is 2.47 bits per heavy atom. The highest BCUT2D eigenvalue weighted by atomic mass is 16.2. The topological polar surface area (TPSA) is 32.3 Å². The van der Waals surface area contributed by atoms with Crippen LogP contribution in [0.15, 0.2) is 0 Å². The minimum atomic E-state index is 0.0152. The molecule has 1 N–H and O–H groups in total. The molecule has 17 heavy (non-hydrogen) atoms. The second kappa shape index (κ2) is 4.27. The molecule has 0 aromatic heterocycles. The van der Waals surface area contributed by atoms with Gasteiger partial charge in [0.1, 0.15) is 0 Å². The van der Waals surface area contributed by atoms with Gasteiger partial charge < -0.3 is 4.90 Å². The van der Waals surface area contributed by atoms with Gasteiger partial charge in [0.25, 0.3) is 0 Å². The van der Waals surface area contributed by atoms with Gasteiger partial charge in [-0.15, -0.1) is 0 Å². The van der Waals surface area contributed by atoms with Crippen molar-refractivity contribution < 1.29 is 4.79 Å². The predicted octanol–water partition coefficient (Wildman–Crippen LogP) is 2.37. The fraction of sp³-hybridized carbons (Fsp3) is 0.929. The summed E-state index contributed by atoms with van der Waals surface area (Å²) in [5.74, 6) is 0.687. The van der Waals surface area contributed by atoms with Crippen LogP contribution in [0.1, 0.15) is 53.9 Å². The lowest BCUT2D eigenvalue weighted by Crippen LogP contribution is -2.48. The largest absolute Gasteiger partial charge is 0.323 e. The van der Waals surface area contributed by atoms with Crippen LogP contribution in [-0.4, -0.2) is 29.1 Å². The molecule has 3 atom stereocenters. The molecule has 0 aromatic rings. The van der Waals surface area contributed by atoms with Crippen molar-refractivity contribution in [3.63, 3.8) is 0 Å². The molecule has 98 valence electrons. The molecule has 1 saturated carbocycles. The van der Waals surface area contributed by atoms with Crippen molar-refractivity contribution in [3.05, 3.63) is 0 Å². The first-order valence-corrected chi connectivity index (χ1v) is 6.93. The minimum absolute atomic E-state index is 0.0152. The van der Waals surface area contributed by atoms with E-state index in [-0.39, 0.29) is 17.6 Å². The Labute approximate surface area is 105 Å². The number of nitrogens with zero attached hydrogens (tertiary/aromatic N) is 1. The summed E-state index contributed by atoms with van der Waals surface area (Å²) in [4.78, 5) is 14.6. The van der Waals surface area contributed by atoms with Gasteiger partial charge in [-0.05, 0) is 31.1 Å². The zero-order chi connectivity index (χ0) is 12.8. The Hall–Kier alpha value is -0.570. The van der Waals surface area contributed by atoms with Gasteiger partial charge in [-0.1, -0.05) is 34.1 Å². The molecule has 1 heterocycles. The van der Waals surface area contributed by atoms with Crippen LogP contribution in [0.2, 0.25) is 0 Å². The molecule has 2 rings (SSSR count). The third-order valence-corrected chi connectivity index (χ3v) is 4.56. The van der Waals surface area contributed by atoms with E-state index in [4.69, 9.17) is 0 Å². The molecule has 3 nitrogen and oxygen atoms in total. The second-order valence-corrected chi connectivity index (χ2v) is 6.71. The summed E-state index contributed by atoms with van der Waals surface area (Å²) in [5.41, 5.74) is 0.275. The minimum Gasteiger partial charge on any atom is -0.323 e. The first-order chi connectivity index (χ1) is 7.84. The molecule has 3 heteroatoms. The third kappa shape index (κ3) is 2.10. The van der Waals surface area contributed by atoms with E-state index in [1.54, 1.807) is 0 Å². The van der Waals surface area contributed by atoms with Crippen molar-refractivity contribution in [2.24, 2.45) is 11.3 Å². The summed E-state index contributed by atoms with van der Waals surface area (Å²) < 4.78 is 0. The predicted molar refractivity (Wildman–Crippen MR) is 69.5 cm³/mol. The van der Waals surface area contributed by atoms with Gasteiger partial charge in [0, 0.05) is 6.04 Å². The zero-order valence-corrected chi connectivity index (χ0v) is 11.8. The van der Waals surface area contributed by atoms with Crippen LogP contribution in [-0.2, 0) is 4.79 Å².